The van der Waals surface area contributed by atoms with Gasteiger partial charge in [-0.1, -0.05) is 23.7 Å². The smallest absolute Gasteiger partial charge is 0.307 e. The van der Waals surface area contributed by atoms with Crippen molar-refractivity contribution in [1.29, 1.82) is 0 Å². The number of aromatic nitrogens is 1. The molecule has 1 aliphatic heterocycles. The second kappa shape index (κ2) is 9.07. The molecule has 0 aliphatic carbocycles. The van der Waals surface area contributed by atoms with Gasteiger partial charge in [-0.15, -0.1) is 0 Å². The molecular formula is C21H22ClN3O6S2. The fourth-order valence-electron chi connectivity index (χ4n) is 3.75. The van der Waals surface area contributed by atoms with E-state index in [4.69, 9.17) is 11.6 Å². The van der Waals surface area contributed by atoms with E-state index in [0.29, 0.717) is 17.4 Å². The highest BCUT2D eigenvalue weighted by molar-refractivity contribution is 7.91. The van der Waals surface area contributed by atoms with Gasteiger partial charge in [0.25, 0.3) is 10.0 Å². The van der Waals surface area contributed by atoms with Crippen molar-refractivity contribution in [2.24, 2.45) is 0 Å². The quantitative estimate of drug-likeness (QED) is 0.486. The summed E-state index contributed by atoms with van der Waals surface area (Å²) in [4.78, 5) is 14.4. The topological polar surface area (TPSA) is 126 Å². The number of methoxy groups -OCH3 is 1. The molecule has 4 rings (SSSR count). The number of aromatic amines is 1. The number of carbonyl (C=O) groups excluding carboxylic acids is 1. The third kappa shape index (κ3) is 4.64. The maximum absolute atomic E-state index is 13.2. The number of sulfonamides is 1. The predicted molar refractivity (Wildman–Crippen MR) is 122 cm³/mol. The second-order valence-electron chi connectivity index (χ2n) is 7.61. The zero-order chi connectivity index (χ0) is 23.8. The van der Waals surface area contributed by atoms with Gasteiger partial charge in [-0.05, 0) is 36.4 Å². The summed E-state index contributed by atoms with van der Waals surface area (Å²) in [6.45, 7) is 0.738. The Labute approximate surface area is 196 Å². The Morgan fingerprint density at radius 1 is 1.15 bits per heavy atom. The Morgan fingerprint density at radius 3 is 2.64 bits per heavy atom. The minimum atomic E-state index is -3.89. The fraction of sp³-hybridized carbons (Fsp3) is 0.286. The van der Waals surface area contributed by atoms with Crippen LogP contribution >= 0.6 is 11.6 Å². The number of hydrogen-bond donors (Lipinski definition) is 2. The number of nitrogens with one attached hydrogen (secondary N) is 2. The molecule has 0 bridgehead atoms. The van der Waals surface area contributed by atoms with E-state index in [1.165, 1.54) is 47.8 Å². The number of piperazine rings is 1. The van der Waals surface area contributed by atoms with E-state index in [1.807, 2.05) is 0 Å². The van der Waals surface area contributed by atoms with Gasteiger partial charge in [0.15, 0.2) is 0 Å². The number of hydrogen-bond acceptors (Lipinski definition) is 7. The van der Waals surface area contributed by atoms with Crippen LogP contribution in [0, 0.1) is 0 Å². The number of fused-ring (bicyclic) bond motifs is 1. The third-order valence-corrected chi connectivity index (χ3v) is 9.52. The molecular weight excluding hydrogens is 490 g/mol. The van der Waals surface area contributed by atoms with E-state index in [1.54, 1.807) is 12.1 Å². The molecule has 9 nitrogen and oxygen atoms in total. The molecule has 176 valence electrons. The van der Waals surface area contributed by atoms with Crippen LogP contribution < -0.4 is 5.32 Å². The Morgan fingerprint density at radius 2 is 1.91 bits per heavy atom. The Balaban J connectivity index is 1.65. The molecule has 0 saturated carbocycles. The van der Waals surface area contributed by atoms with Crippen molar-refractivity contribution in [3.05, 3.63) is 53.6 Å². The molecule has 1 atom stereocenters. The first kappa shape index (κ1) is 23.7. The summed E-state index contributed by atoms with van der Waals surface area (Å²) in [5.41, 5.74) is 0.480. The van der Waals surface area contributed by atoms with Crippen LogP contribution in [0.3, 0.4) is 0 Å². The lowest BCUT2D eigenvalue weighted by molar-refractivity contribution is -0.141. The van der Waals surface area contributed by atoms with Crippen molar-refractivity contribution >= 4 is 48.3 Å². The van der Waals surface area contributed by atoms with Gasteiger partial charge in [-0.2, -0.15) is 4.31 Å². The number of esters is 1. The van der Waals surface area contributed by atoms with E-state index < -0.39 is 25.8 Å². The van der Waals surface area contributed by atoms with Gasteiger partial charge in [0.05, 0.1) is 28.3 Å². The molecule has 1 aliphatic rings. The summed E-state index contributed by atoms with van der Waals surface area (Å²) in [5, 5.41) is 3.60. The van der Waals surface area contributed by atoms with Crippen molar-refractivity contribution in [1.82, 2.24) is 14.6 Å². The SMILES string of the molecule is COC(=O)CC1CN(S(=O)(=O)c2cc3cc(S(=O)(=O)c4ccccc4Cl)ccc3[nH]2)CCN1. The van der Waals surface area contributed by atoms with E-state index in [-0.39, 0.29) is 45.4 Å². The Hall–Kier alpha value is -2.44. The largest absolute Gasteiger partial charge is 0.469 e. The number of nitrogens with zero attached hydrogens (tertiary/aromatic N) is 1. The molecule has 0 radical (unpaired) electrons. The number of ether oxygens (including phenoxy) is 1. The van der Waals surface area contributed by atoms with E-state index in [9.17, 15) is 21.6 Å². The van der Waals surface area contributed by atoms with Gasteiger partial charge in [0, 0.05) is 36.6 Å². The fourth-order valence-corrected chi connectivity index (χ4v) is 7.06. The molecule has 0 spiro atoms. The van der Waals surface area contributed by atoms with Gasteiger partial charge >= 0.3 is 5.97 Å². The number of sulfone groups is 1. The minimum Gasteiger partial charge on any atom is -0.469 e. The van der Waals surface area contributed by atoms with Crippen molar-refractivity contribution in [3.8, 4) is 0 Å². The number of benzene rings is 2. The summed E-state index contributed by atoms with van der Waals surface area (Å²) in [7, 11) is -6.50. The van der Waals surface area contributed by atoms with Gasteiger partial charge in [0.2, 0.25) is 9.84 Å². The summed E-state index contributed by atoms with van der Waals surface area (Å²) in [6, 6.07) is 11.5. The third-order valence-electron chi connectivity index (χ3n) is 5.48. The van der Waals surface area contributed by atoms with Crippen LogP contribution in [0.5, 0.6) is 0 Å². The van der Waals surface area contributed by atoms with Crippen molar-refractivity contribution in [2.45, 2.75) is 27.3 Å². The Bertz CT molecular complexity index is 1420. The predicted octanol–water partition coefficient (Wildman–Crippen LogP) is 2.18. The number of H-pyrrole nitrogens is 1. The highest BCUT2D eigenvalue weighted by atomic mass is 35.5. The summed E-state index contributed by atoms with van der Waals surface area (Å²) >= 11 is 6.08. The minimum absolute atomic E-state index is 0.00589. The average molecular weight is 512 g/mol. The van der Waals surface area contributed by atoms with Crippen molar-refractivity contribution < 1.29 is 26.4 Å². The molecule has 1 saturated heterocycles. The first-order valence-corrected chi connectivity index (χ1v) is 13.4. The van der Waals surface area contributed by atoms with E-state index in [0.717, 1.165) is 0 Å². The molecule has 2 heterocycles. The van der Waals surface area contributed by atoms with Crippen molar-refractivity contribution in [3.63, 3.8) is 0 Å². The standard InChI is InChI=1S/C21H22ClN3O6S2/c1-31-21(26)12-15-13-25(9-8-23-15)33(29,30)20-11-14-10-16(6-7-18(14)24-20)32(27,28)19-5-3-2-4-17(19)22/h2-7,10-11,15,23-24H,8-9,12-13H2,1H3. The van der Waals surface area contributed by atoms with Crippen LogP contribution in [0.25, 0.3) is 10.9 Å². The molecule has 2 N–H and O–H groups in total. The van der Waals surface area contributed by atoms with Gasteiger partial charge in [-0.25, -0.2) is 16.8 Å². The lowest BCUT2D eigenvalue weighted by Crippen LogP contribution is -2.53. The molecule has 33 heavy (non-hydrogen) atoms. The normalized spacial score (nSPS) is 17.8. The van der Waals surface area contributed by atoms with Crippen LogP contribution in [-0.4, -0.2) is 64.9 Å². The lowest BCUT2D eigenvalue weighted by atomic mass is 10.2. The van der Waals surface area contributed by atoms with Gasteiger partial charge in [-0.3, -0.25) is 4.79 Å². The molecule has 1 fully saturated rings. The maximum Gasteiger partial charge on any atom is 0.307 e. The van der Waals surface area contributed by atoms with Crippen LogP contribution in [0.15, 0.2) is 63.3 Å². The van der Waals surface area contributed by atoms with Crippen LogP contribution in [0.1, 0.15) is 6.42 Å². The zero-order valence-electron chi connectivity index (χ0n) is 17.6. The van der Waals surface area contributed by atoms with Crippen LogP contribution in [0.2, 0.25) is 5.02 Å². The molecule has 2 aromatic carbocycles. The molecule has 12 heteroatoms. The lowest BCUT2D eigenvalue weighted by Gasteiger charge is -2.32. The summed E-state index contributed by atoms with van der Waals surface area (Å²) in [5.74, 6) is -0.426. The number of rotatable bonds is 6. The summed E-state index contributed by atoms with van der Waals surface area (Å²) in [6.07, 6.45) is 0.0541. The molecule has 1 aromatic heterocycles. The van der Waals surface area contributed by atoms with Gasteiger partial charge in [0.1, 0.15) is 5.03 Å². The van der Waals surface area contributed by atoms with E-state index in [2.05, 4.69) is 15.0 Å². The highest BCUT2D eigenvalue weighted by Crippen LogP contribution is 2.30. The highest BCUT2D eigenvalue weighted by Gasteiger charge is 2.32. The van der Waals surface area contributed by atoms with Crippen molar-refractivity contribution in [2.75, 3.05) is 26.7 Å². The van der Waals surface area contributed by atoms with E-state index >= 15 is 0 Å². The molecule has 0 amide bonds. The number of carbonyl (C=O) groups is 1. The first-order chi connectivity index (χ1) is 15.6. The monoisotopic (exact) mass is 511 g/mol. The Kier molecular flexibility index (Phi) is 6.52. The van der Waals surface area contributed by atoms with Gasteiger partial charge < -0.3 is 15.0 Å². The van der Waals surface area contributed by atoms with Crippen LogP contribution in [-0.2, 0) is 29.4 Å². The second-order valence-corrected chi connectivity index (χ2v) is 11.8. The molecule has 1 unspecified atom stereocenters. The first-order valence-electron chi connectivity index (χ1n) is 10.1. The summed E-state index contributed by atoms with van der Waals surface area (Å²) < 4.78 is 58.5. The number of halogens is 1. The maximum atomic E-state index is 13.2. The van der Waals surface area contributed by atoms with Crippen LogP contribution in [0.4, 0.5) is 0 Å². The zero-order valence-corrected chi connectivity index (χ0v) is 20.0. The average Bonchev–Trinajstić information content (AvgIpc) is 3.24. The molecule has 3 aromatic rings.